The van der Waals surface area contributed by atoms with Crippen molar-refractivity contribution in [2.75, 3.05) is 0 Å². The third-order valence-corrected chi connectivity index (χ3v) is 1.32. The van der Waals surface area contributed by atoms with Gasteiger partial charge in [0.25, 0.3) is 0 Å². The van der Waals surface area contributed by atoms with Crippen molar-refractivity contribution >= 4 is 18.3 Å². The van der Waals surface area contributed by atoms with Crippen molar-refractivity contribution in [2.45, 2.75) is 0 Å². The lowest BCUT2D eigenvalue weighted by Crippen LogP contribution is -1.91. The van der Waals surface area contributed by atoms with Crippen LogP contribution in [-0.4, -0.2) is 5.84 Å². The highest BCUT2D eigenvalue weighted by molar-refractivity contribution is 7.47. The van der Waals surface area contributed by atoms with E-state index in [1.807, 2.05) is 18.2 Å². The van der Waals surface area contributed by atoms with Gasteiger partial charge in [-0.25, -0.2) is 0 Å². The van der Waals surface area contributed by atoms with Crippen molar-refractivity contribution in [3.05, 3.63) is 35.9 Å². The SMILES string of the molecule is N=C(N=S)c1ccccc1. The minimum absolute atomic E-state index is 0.149. The van der Waals surface area contributed by atoms with E-state index in [-0.39, 0.29) is 5.84 Å². The van der Waals surface area contributed by atoms with Gasteiger partial charge >= 0.3 is 0 Å². The van der Waals surface area contributed by atoms with E-state index in [2.05, 4.69) is 16.8 Å². The Morgan fingerprint density at radius 2 is 1.90 bits per heavy atom. The molecule has 50 valence electrons. The number of hydrogen-bond donors (Lipinski definition) is 1. The summed E-state index contributed by atoms with van der Waals surface area (Å²) in [6.45, 7) is 0. The molecule has 0 radical (unpaired) electrons. The Balaban J connectivity index is 2.95. The molecule has 0 atom stereocenters. The molecule has 0 fully saturated rings. The van der Waals surface area contributed by atoms with Gasteiger partial charge in [0.1, 0.15) is 0 Å². The normalized spacial score (nSPS) is 8.80. The first-order chi connectivity index (χ1) is 4.84. The Morgan fingerprint density at radius 1 is 1.30 bits per heavy atom. The van der Waals surface area contributed by atoms with Gasteiger partial charge in [-0.2, -0.15) is 4.36 Å². The molecular weight excluding hydrogens is 144 g/mol. The topological polar surface area (TPSA) is 36.2 Å². The first-order valence-corrected chi connectivity index (χ1v) is 3.18. The molecule has 0 spiro atoms. The van der Waals surface area contributed by atoms with E-state index in [1.54, 1.807) is 12.1 Å². The molecule has 0 aliphatic heterocycles. The molecule has 0 amide bonds. The molecule has 0 saturated heterocycles. The lowest BCUT2D eigenvalue weighted by molar-refractivity contribution is 1.44. The van der Waals surface area contributed by atoms with Crippen LogP contribution in [0.1, 0.15) is 5.56 Å². The molecule has 0 aliphatic carbocycles. The van der Waals surface area contributed by atoms with Gasteiger partial charge in [-0.1, -0.05) is 30.3 Å². The van der Waals surface area contributed by atoms with Crippen molar-refractivity contribution in [3.63, 3.8) is 0 Å². The number of hydrogen-bond acceptors (Lipinski definition) is 2. The summed E-state index contributed by atoms with van der Waals surface area (Å²) < 4.78 is 3.33. The predicted octanol–water partition coefficient (Wildman–Crippen LogP) is 1.74. The third-order valence-electron chi connectivity index (χ3n) is 1.14. The molecule has 10 heavy (non-hydrogen) atoms. The van der Waals surface area contributed by atoms with Crippen LogP contribution in [0.15, 0.2) is 34.7 Å². The molecule has 0 heterocycles. The molecule has 0 unspecified atom stereocenters. The molecule has 3 heteroatoms. The monoisotopic (exact) mass is 150 g/mol. The summed E-state index contributed by atoms with van der Waals surface area (Å²) in [6, 6.07) is 9.20. The van der Waals surface area contributed by atoms with E-state index >= 15 is 0 Å². The quantitative estimate of drug-likeness (QED) is 0.480. The summed E-state index contributed by atoms with van der Waals surface area (Å²) in [4.78, 5) is 0. The minimum atomic E-state index is 0.149. The van der Waals surface area contributed by atoms with E-state index in [0.29, 0.717) is 0 Å². The summed E-state index contributed by atoms with van der Waals surface area (Å²) in [5.41, 5.74) is 0.762. The third kappa shape index (κ3) is 1.45. The summed E-state index contributed by atoms with van der Waals surface area (Å²) in [7, 11) is 0. The number of amidine groups is 1. The van der Waals surface area contributed by atoms with E-state index < -0.39 is 0 Å². The van der Waals surface area contributed by atoms with Crippen LogP contribution >= 0.6 is 0 Å². The molecule has 1 aromatic carbocycles. The second-order valence-corrected chi connectivity index (χ2v) is 1.99. The van der Waals surface area contributed by atoms with Crippen LogP contribution in [0, 0.1) is 5.41 Å². The molecule has 1 rings (SSSR count). The first kappa shape index (κ1) is 7.02. The molecule has 0 aromatic heterocycles. The van der Waals surface area contributed by atoms with Crippen molar-refractivity contribution in [1.29, 1.82) is 5.41 Å². The average molecular weight is 150 g/mol. The average Bonchev–Trinajstić information content (AvgIpc) is 2.05. The Hall–Kier alpha value is -1.09. The molecule has 1 aromatic rings. The van der Waals surface area contributed by atoms with Gasteiger partial charge in [0, 0.05) is 18.0 Å². The van der Waals surface area contributed by atoms with E-state index in [9.17, 15) is 0 Å². The highest BCUT2D eigenvalue weighted by Gasteiger charge is 1.94. The Kier molecular flexibility index (Phi) is 2.23. The van der Waals surface area contributed by atoms with Gasteiger partial charge in [0.15, 0.2) is 5.84 Å². The smallest absolute Gasteiger partial charge is 0.165 e. The van der Waals surface area contributed by atoms with Gasteiger partial charge < -0.3 is 0 Å². The zero-order chi connectivity index (χ0) is 7.40. The zero-order valence-electron chi connectivity index (χ0n) is 5.24. The number of rotatable bonds is 1. The Labute approximate surface area is 64.6 Å². The van der Waals surface area contributed by atoms with Gasteiger partial charge in [0.05, 0.1) is 0 Å². The van der Waals surface area contributed by atoms with Gasteiger partial charge in [-0.3, -0.25) is 5.41 Å². The fourth-order valence-electron chi connectivity index (χ4n) is 0.649. The van der Waals surface area contributed by atoms with Crippen molar-refractivity contribution < 1.29 is 0 Å². The van der Waals surface area contributed by atoms with Crippen LogP contribution in [0.2, 0.25) is 0 Å². The zero-order valence-corrected chi connectivity index (χ0v) is 6.06. The molecule has 0 aliphatic rings. The summed E-state index contributed by atoms with van der Waals surface area (Å²) in [6.07, 6.45) is 0. The van der Waals surface area contributed by atoms with Gasteiger partial charge in [-0.05, 0) is 0 Å². The number of nitrogens with zero attached hydrogens (tertiary/aromatic N) is 1. The molecule has 0 saturated carbocycles. The summed E-state index contributed by atoms with van der Waals surface area (Å²) >= 11 is 4.36. The molecule has 0 bridgehead atoms. The second kappa shape index (κ2) is 3.17. The predicted molar refractivity (Wildman–Crippen MR) is 43.1 cm³/mol. The van der Waals surface area contributed by atoms with Gasteiger partial charge in [0.2, 0.25) is 0 Å². The summed E-state index contributed by atoms with van der Waals surface area (Å²) in [5, 5.41) is 7.21. The summed E-state index contributed by atoms with van der Waals surface area (Å²) in [5.74, 6) is 0.149. The van der Waals surface area contributed by atoms with Crippen molar-refractivity contribution in [3.8, 4) is 0 Å². The van der Waals surface area contributed by atoms with Crippen molar-refractivity contribution in [1.82, 2.24) is 0 Å². The van der Waals surface area contributed by atoms with Gasteiger partial charge in [-0.15, -0.1) is 0 Å². The maximum absolute atomic E-state index is 7.21. The molecular formula is C7H6N2S. The van der Waals surface area contributed by atoms with Crippen molar-refractivity contribution in [2.24, 2.45) is 4.36 Å². The maximum Gasteiger partial charge on any atom is 0.165 e. The second-order valence-electron chi connectivity index (χ2n) is 1.81. The van der Waals surface area contributed by atoms with Crippen LogP contribution in [0.25, 0.3) is 0 Å². The van der Waals surface area contributed by atoms with E-state index in [0.717, 1.165) is 5.56 Å². The van der Waals surface area contributed by atoms with E-state index in [4.69, 9.17) is 5.41 Å². The molecule has 1 N–H and O–H groups in total. The van der Waals surface area contributed by atoms with Crippen LogP contribution in [-0.2, 0) is 12.4 Å². The number of benzene rings is 1. The lowest BCUT2D eigenvalue weighted by atomic mass is 10.2. The minimum Gasteiger partial charge on any atom is -0.282 e. The largest absolute Gasteiger partial charge is 0.282 e. The first-order valence-electron chi connectivity index (χ1n) is 2.82. The van der Waals surface area contributed by atoms with Crippen LogP contribution in [0.4, 0.5) is 0 Å². The van der Waals surface area contributed by atoms with Crippen LogP contribution in [0.5, 0.6) is 0 Å². The fraction of sp³-hybridized carbons (Fsp3) is 0. The molecule has 2 nitrogen and oxygen atoms in total. The Morgan fingerprint density at radius 3 is 2.40 bits per heavy atom. The van der Waals surface area contributed by atoms with Crippen LogP contribution in [0.3, 0.4) is 0 Å². The standard InChI is InChI=1S/C7H6N2S/c8-7(9-10)6-4-2-1-3-5-6/h1-5,8H. The highest BCUT2D eigenvalue weighted by Crippen LogP contribution is 1.99. The van der Waals surface area contributed by atoms with Crippen LogP contribution < -0.4 is 0 Å². The fourth-order valence-corrected chi connectivity index (χ4v) is 0.754. The van der Waals surface area contributed by atoms with E-state index in [1.165, 1.54) is 0 Å². The Bertz CT molecular complexity index is 243. The lowest BCUT2D eigenvalue weighted by Gasteiger charge is -1.92. The maximum atomic E-state index is 7.21. The number of nitrogens with one attached hydrogen (secondary N) is 1. The highest BCUT2D eigenvalue weighted by atomic mass is 32.1.